The highest BCUT2D eigenvalue weighted by Crippen LogP contribution is 2.36. The Morgan fingerprint density at radius 3 is 2.60 bits per heavy atom. The van der Waals surface area contributed by atoms with E-state index in [-0.39, 0.29) is 6.10 Å². The zero-order valence-corrected chi connectivity index (χ0v) is 14.5. The average Bonchev–Trinajstić information content (AvgIpc) is 3.47. The topological polar surface area (TPSA) is 30.5 Å². The molecule has 0 aromatic heterocycles. The van der Waals surface area contributed by atoms with E-state index in [0.717, 1.165) is 23.7 Å². The fourth-order valence-electron chi connectivity index (χ4n) is 2.83. The van der Waals surface area contributed by atoms with Crippen LogP contribution in [0.25, 0.3) is 0 Å². The van der Waals surface area contributed by atoms with Gasteiger partial charge in [-0.05, 0) is 42.4 Å². The van der Waals surface area contributed by atoms with Gasteiger partial charge in [0, 0.05) is 12.6 Å². The molecule has 0 radical (unpaired) electrons. The molecule has 3 nitrogen and oxygen atoms in total. The predicted octanol–water partition coefficient (Wildman–Crippen LogP) is 3.96. The van der Waals surface area contributed by atoms with Crippen molar-refractivity contribution in [3.8, 4) is 18.2 Å². The minimum atomic E-state index is -0.132. The summed E-state index contributed by atoms with van der Waals surface area (Å²) >= 11 is 0. The number of hydrogen-bond donors (Lipinski definition) is 1. The number of terminal acetylenes is 1. The van der Waals surface area contributed by atoms with Crippen LogP contribution in [0.5, 0.6) is 5.75 Å². The van der Waals surface area contributed by atoms with Gasteiger partial charge in [-0.3, -0.25) is 0 Å². The van der Waals surface area contributed by atoms with Crippen molar-refractivity contribution in [3.63, 3.8) is 0 Å². The third kappa shape index (κ3) is 5.55. The molecule has 1 fully saturated rings. The van der Waals surface area contributed by atoms with Crippen molar-refractivity contribution in [2.24, 2.45) is 5.92 Å². The summed E-state index contributed by atoms with van der Waals surface area (Å²) in [6, 6.07) is 21.0. The quantitative estimate of drug-likeness (QED) is 0.405. The first kappa shape index (κ1) is 17.4. The second-order valence-corrected chi connectivity index (χ2v) is 6.42. The van der Waals surface area contributed by atoms with E-state index in [9.17, 15) is 0 Å². The van der Waals surface area contributed by atoms with Gasteiger partial charge in [0.15, 0.2) is 0 Å². The molecule has 1 aliphatic carbocycles. The molecule has 3 heteroatoms. The molecule has 1 saturated carbocycles. The van der Waals surface area contributed by atoms with Crippen LogP contribution in [0.3, 0.4) is 0 Å². The number of benzene rings is 2. The number of nitrogens with one attached hydrogen (secondary N) is 1. The summed E-state index contributed by atoms with van der Waals surface area (Å²) in [6.45, 7) is 1.69. The van der Waals surface area contributed by atoms with Crippen LogP contribution < -0.4 is 10.1 Å². The maximum atomic E-state index is 6.38. The second-order valence-electron chi connectivity index (χ2n) is 6.42. The second kappa shape index (κ2) is 9.15. The van der Waals surface area contributed by atoms with E-state index in [2.05, 4.69) is 41.7 Å². The van der Waals surface area contributed by atoms with E-state index < -0.39 is 0 Å². The van der Waals surface area contributed by atoms with E-state index in [1.165, 1.54) is 18.4 Å². The molecule has 0 amide bonds. The first-order chi connectivity index (χ1) is 12.4. The summed E-state index contributed by atoms with van der Waals surface area (Å²) in [4.78, 5) is 0. The molecular formula is C22H25NO2. The van der Waals surface area contributed by atoms with Crippen LogP contribution in [-0.4, -0.2) is 19.8 Å². The Labute approximate surface area is 150 Å². The summed E-state index contributed by atoms with van der Waals surface area (Å²) in [5.41, 5.74) is 2.41. The molecule has 25 heavy (non-hydrogen) atoms. The molecular weight excluding hydrogens is 310 g/mol. The average molecular weight is 335 g/mol. The molecule has 0 heterocycles. The Bertz CT molecular complexity index is 689. The minimum Gasteiger partial charge on any atom is -0.483 e. The third-order valence-corrected chi connectivity index (χ3v) is 4.36. The number of ether oxygens (including phenoxy) is 2. The Hall–Kier alpha value is -2.44. The van der Waals surface area contributed by atoms with Gasteiger partial charge in [-0.25, -0.2) is 0 Å². The maximum Gasteiger partial charge on any atom is 0.147 e. The Balaban J connectivity index is 1.68. The molecule has 0 unspecified atom stereocenters. The maximum absolute atomic E-state index is 6.38. The van der Waals surface area contributed by atoms with Crippen LogP contribution >= 0.6 is 0 Å². The van der Waals surface area contributed by atoms with Crippen LogP contribution in [0.1, 0.15) is 30.1 Å². The van der Waals surface area contributed by atoms with Crippen molar-refractivity contribution < 1.29 is 9.47 Å². The lowest BCUT2D eigenvalue weighted by atomic mass is 10.1. The van der Waals surface area contributed by atoms with Crippen LogP contribution in [0.4, 0.5) is 0 Å². The van der Waals surface area contributed by atoms with Gasteiger partial charge in [-0.1, -0.05) is 55.0 Å². The van der Waals surface area contributed by atoms with E-state index in [0.29, 0.717) is 19.8 Å². The molecule has 2 aromatic rings. The lowest BCUT2D eigenvalue weighted by molar-refractivity contribution is 0.0514. The number of rotatable bonds is 10. The van der Waals surface area contributed by atoms with Gasteiger partial charge in [-0.2, -0.15) is 0 Å². The van der Waals surface area contributed by atoms with Crippen molar-refractivity contribution in [2.75, 3.05) is 19.8 Å². The van der Waals surface area contributed by atoms with Crippen molar-refractivity contribution in [2.45, 2.75) is 25.4 Å². The van der Waals surface area contributed by atoms with E-state index in [4.69, 9.17) is 15.9 Å². The molecule has 1 atom stereocenters. The van der Waals surface area contributed by atoms with Gasteiger partial charge in [0.25, 0.3) is 0 Å². The van der Waals surface area contributed by atoms with Gasteiger partial charge in [0.1, 0.15) is 11.9 Å². The third-order valence-electron chi connectivity index (χ3n) is 4.36. The van der Waals surface area contributed by atoms with Crippen molar-refractivity contribution in [1.82, 2.24) is 5.32 Å². The van der Waals surface area contributed by atoms with Gasteiger partial charge >= 0.3 is 0 Å². The molecule has 0 aliphatic heterocycles. The monoisotopic (exact) mass is 335 g/mol. The first-order valence-electron chi connectivity index (χ1n) is 8.92. The zero-order chi connectivity index (χ0) is 17.3. The Morgan fingerprint density at radius 1 is 1.08 bits per heavy atom. The van der Waals surface area contributed by atoms with Gasteiger partial charge in [0.05, 0.1) is 13.2 Å². The van der Waals surface area contributed by atoms with Gasteiger partial charge < -0.3 is 14.8 Å². The first-order valence-corrected chi connectivity index (χ1v) is 8.92. The highest BCUT2D eigenvalue weighted by molar-refractivity contribution is 5.35. The molecule has 0 bridgehead atoms. The zero-order valence-electron chi connectivity index (χ0n) is 14.5. The summed E-state index contributed by atoms with van der Waals surface area (Å²) in [6.07, 6.45) is 8.82. The Morgan fingerprint density at radius 2 is 1.84 bits per heavy atom. The SMILES string of the molecule is C#CNCCOC[C@@H](Oc1ccccc1CC1CC1)c1ccccc1. The predicted molar refractivity (Wildman–Crippen MR) is 100 cm³/mol. The standard InChI is InChI=1S/C22H25NO2/c1-2-23-14-15-24-17-22(19-8-4-3-5-9-19)25-21-11-7-6-10-20(21)16-18-12-13-18/h1,3-11,18,22-23H,12-17H2/t22-/m1/s1. The highest BCUT2D eigenvalue weighted by Gasteiger charge is 2.24. The smallest absolute Gasteiger partial charge is 0.147 e. The van der Waals surface area contributed by atoms with Crippen LogP contribution in [-0.2, 0) is 11.2 Å². The molecule has 3 rings (SSSR count). The fourth-order valence-corrected chi connectivity index (χ4v) is 2.83. The van der Waals surface area contributed by atoms with Crippen LogP contribution in [0.15, 0.2) is 54.6 Å². The van der Waals surface area contributed by atoms with E-state index in [1.807, 2.05) is 24.3 Å². The normalized spacial score (nSPS) is 14.5. The lowest BCUT2D eigenvalue weighted by Gasteiger charge is -2.21. The summed E-state index contributed by atoms with van der Waals surface area (Å²) in [5, 5.41) is 2.81. The fraction of sp³-hybridized carbons (Fsp3) is 0.364. The molecule has 1 aliphatic rings. The van der Waals surface area contributed by atoms with Crippen molar-refractivity contribution >= 4 is 0 Å². The molecule has 0 saturated heterocycles. The molecule has 2 aromatic carbocycles. The van der Waals surface area contributed by atoms with Crippen LogP contribution in [0, 0.1) is 18.4 Å². The number of para-hydroxylation sites is 1. The van der Waals surface area contributed by atoms with Crippen molar-refractivity contribution in [1.29, 1.82) is 0 Å². The molecule has 130 valence electrons. The van der Waals surface area contributed by atoms with Gasteiger partial charge in [-0.15, -0.1) is 0 Å². The minimum absolute atomic E-state index is 0.132. The van der Waals surface area contributed by atoms with Crippen LogP contribution in [0.2, 0.25) is 0 Å². The van der Waals surface area contributed by atoms with E-state index >= 15 is 0 Å². The summed E-state index contributed by atoms with van der Waals surface area (Å²) in [5.74, 6) is 1.79. The highest BCUT2D eigenvalue weighted by atomic mass is 16.5. The van der Waals surface area contributed by atoms with Crippen molar-refractivity contribution in [3.05, 3.63) is 65.7 Å². The summed E-state index contributed by atoms with van der Waals surface area (Å²) in [7, 11) is 0. The summed E-state index contributed by atoms with van der Waals surface area (Å²) < 4.78 is 12.2. The molecule has 1 N–H and O–H groups in total. The van der Waals surface area contributed by atoms with Gasteiger partial charge in [0.2, 0.25) is 0 Å². The largest absolute Gasteiger partial charge is 0.483 e. The molecule has 0 spiro atoms. The lowest BCUT2D eigenvalue weighted by Crippen LogP contribution is -2.20. The number of hydrogen-bond acceptors (Lipinski definition) is 3. The Kier molecular flexibility index (Phi) is 6.36. The van der Waals surface area contributed by atoms with E-state index in [1.54, 1.807) is 0 Å².